The van der Waals surface area contributed by atoms with Crippen molar-refractivity contribution in [1.29, 1.82) is 0 Å². The van der Waals surface area contributed by atoms with E-state index in [1.807, 2.05) is 12.1 Å². The van der Waals surface area contributed by atoms with Crippen LogP contribution in [0.1, 0.15) is 5.56 Å². The summed E-state index contributed by atoms with van der Waals surface area (Å²) in [5.41, 5.74) is 1.59. The normalized spacial score (nSPS) is 9.96. The number of hydrogen-bond acceptors (Lipinski definition) is 2. The average Bonchev–Trinajstić information content (AvgIpc) is 2.69. The first-order valence-corrected chi connectivity index (χ1v) is 8.32. The minimum atomic E-state index is -0.557. The molecule has 0 aliphatic heterocycles. The average molecular weight is 360 g/mol. The Balaban J connectivity index is 1.89. The number of carbonyl (C=O) groups excluding carboxylic acids is 2. The third kappa shape index (κ3) is 5.12. The number of benzene rings is 3. The fraction of sp³-hybridized carbons (Fsp3) is 0. The molecule has 0 bridgehead atoms. The highest BCUT2D eigenvalue weighted by molar-refractivity contribution is 6.28. The Labute approximate surface area is 156 Å². The van der Waals surface area contributed by atoms with Crippen molar-refractivity contribution in [3.05, 3.63) is 102 Å². The first-order chi connectivity index (χ1) is 13.1. The van der Waals surface area contributed by atoms with Crippen LogP contribution in [0.25, 0.3) is 6.08 Å². The predicted molar refractivity (Wildman–Crippen MR) is 105 cm³/mol. The van der Waals surface area contributed by atoms with Crippen LogP contribution in [0.4, 0.5) is 15.8 Å². The third-order valence-corrected chi connectivity index (χ3v) is 3.73. The van der Waals surface area contributed by atoms with Crippen molar-refractivity contribution in [2.45, 2.75) is 0 Å². The molecule has 134 valence electrons. The molecule has 0 atom stereocenters. The van der Waals surface area contributed by atoms with E-state index in [9.17, 15) is 14.0 Å². The molecule has 0 fully saturated rings. The minimum Gasteiger partial charge on any atom is -0.322 e. The van der Waals surface area contributed by atoms with E-state index in [1.165, 1.54) is 30.3 Å². The smallest absolute Gasteiger partial charge is 0.261 e. The van der Waals surface area contributed by atoms with Gasteiger partial charge in [0, 0.05) is 11.4 Å². The molecule has 0 unspecified atom stereocenters. The molecule has 2 amide bonds. The summed E-state index contributed by atoms with van der Waals surface area (Å²) in [5.74, 6) is -1.51. The standard InChI is InChI=1S/C22H17FN2O2/c23-17-13-11-16(12-14-17)15-20(21(26)24-18-7-3-1-4-8-18)22(27)25-19-9-5-2-6-10-19/h1-15H,(H,24,26)(H,25,27). The number of halogens is 1. The number of anilines is 2. The SMILES string of the molecule is O=C(Nc1ccccc1)C(=Cc1ccc(F)cc1)C(=O)Nc1ccccc1. The lowest BCUT2D eigenvalue weighted by Gasteiger charge is -2.10. The summed E-state index contributed by atoms with van der Waals surface area (Å²) >= 11 is 0. The number of hydrogen-bond donors (Lipinski definition) is 2. The van der Waals surface area contributed by atoms with Gasteiger partial charge in [0.1, 0.15) is 11.4 Å². The van der Waals surface area contributed by atoms with Gasteiger partial charge in [-0.15, -0.1) is 0 Å². The molecule has 4 nitrogen and oxygen atoms in total. The van der Waals surface area contributed by atoms with E-state index >= 15 is 0 Å². The maximum absolute atomic E-state index is 13.1. The monoisotopic (exact) mass is 360 g/mol. The quantitative estimate of drug-likeness (QED) is 0.400. The van der Waals surface area contributed by atoms with E-state index in [4.69, 9.17) is 0 Å². The highest BCUT2D eigenvalue weighted by Gasteiger charge is 2.19. The Morgan fingerprint density at radius 1 is 0.667 bits per heavy atom. The maximum atomic E-state index is 13.1. The molecule has 5 heteroatoms. The highest BCUT2D eigenvalue weighted by atomic mass is 19.1. The summed E-state index contributed by atoms with van der Waals surface area (Å²) in [6.07, 6.45) is 1.43. The number of carbonyl (C=O) groups is 2. The summed E-state index contributed by atoms with van der Waals surface area (Å²) in [5, 5.41) is 5.40. The van der Waals surface area contributed by atoms with Gasteiger partial charge in [-0.25, -0.2) is 4.39 Å². The van der Waals surface area contributed by atoms with Crippen molar-refractivity contribution >= 4 is 29.3 Å². The second-order valence-electron chi connectivity index (χ2n) is 5.75. The molecule has 0 spiro atoms. The number of amides is 2. The van der Waals surface area contributed by atoms with Crippen LogP contribution >= 0.6 is 0 Å². The molecule has 27 heavy (non-hydrogen) atoms. The van der Waals surface area contributed by atoms with Crippen LogP contribution < -0.4 is 10.6 Å². The van der Waals surface area contributed by atoms with Crippen LogP contribution in [-0.2, 0) is 9.59 Å². The van der Waals surface area contributed by atoms with Crippen molar-refractivity contribution in [3.63, 3.8) is 0 Å². The fourth-order valence-corrected chi connectivity index (χ4v) is 2.40. The third-order valence-electron chi connectivity index (χ3n) is 3.73. The van der Waals surface area contributed by atoms with E-state index in [0.717, 1.165) is 0 Å². The second kappa shape index (κ2) is 8.58. The lowest BCUT2D eigenvalue weighted by atomic mass is 10.1. The summed E-state index contributed by atoms with van der Waals surface area (Å²) < 4.78 is 13.1. The first-order valence-electron chi connectivity index (χ1n) is 8.32. The van der Waals surface area contributed by atoms with Crippen LogP contribution in [0.2, 0.25) is 0 Å². The van der Waals surface area contributed by atoms with Gasteiger partial charge in [0.2, 0.25) is 0 Å². The van der Waals surface area contributed by atoms with Crippen LogP contribution in [0.15, 0.2) is 90.5 Å². The van der Waals surface area contributed by atoms with Gasteiger partial charge in [0.25, 0.3) is 11.8 Å². The molecule has 0 heterocycles. The predicted octanol–water partition coefficient (Wildman–Crippen LogP) is 4.49. The molecular formula is C22H17FN2O2. The fourth-order valence-electron chi connectivity index (χ4n) is 2.40. The van der Waals surface area contributed by atoms with Crippen molar-refractivity contribution in [2.24, 2.45) is 0 Å². The van der Waals surface area contributed by atoms with E-state index < -0.39 is 17.6 Å². The van der Waals surface area contributed by atoms with Crippen LogP contribution in [0.3, 0.4) is 0 Å². The Morgan fingerprint density at radius 3 is 1.56 bits per heavy atom. The zero-order valence-electron chi connectivity index (χ0n) is 14.4. The van der Waals surface area contributed by atoms with Gasteiger partial charge in [-0.3, -0.25) is 9.59 Å². The topological polar surface area (TPSA) is 58.2 Å². The molecule has 3 aromatic carbocycles. The number of para-hydroxylation sites is 2. The summed E-state index contributed by atoms with van der Waals surface area (Å²) in [4.78, 5) is 25.4. The summed E-state index contributed by atoms with van der Waals surface area (Å²) in [6, 6.07) is 23.2. The Morgan fingerprint density at radius 2 is 1.11 bits per heavy atom. The van der Waals surface area contributed by atoms with Gasteiger partial charge in [-0.2, -0.15) is 0 Å². The number of nitrogens with one attached hydrogen (secondary N) is 2. The molecule has 0 saturated carbocycles. The molecule has 0 radical (unpaired) electrons. The van der Waals surface area contributed by atoms with E-state index in [2.05, 4.69) is 10.6 Å². The zero-order valence-corrected chi connectivity index (χ0v) is 14.4. The van der Waals surface area contributed by atoms with Crippen molar-refractivity contribution < 1.29 is 14.0 Å². The zero-order chi connectivity index (χ0) is 19.1. The van der Waals surface area contributed by atoms with Crippen LogP contribution in [0.5, 0.6) is 0 Å². The second-order valence-corrected chi connectivity index (χ2v) is 5.75. The maximum Gasteiger partial charge on any atom is 0.261 e. The van der Waals surface area contributed by atoms with E-state index in [0.29, 0.717) is 16.9 Å². The van der Waals surface area contributed by atoms with Gasteiger partial charge < -0.3 is 10.6 Å². The van der Waals surface area contributed by atoms with E-state index in [1.54, 1.807) is 48.5 Å². The molecule has 0 aliphatic carbocycles. The largest absolute Gasteiger partial charge is 0.322 e. The highest BCUT2D eigenvalue weighted by Crippen LogP contribution is 2.15. The molecule has 0 aliphatic rings. The Kier molecular flexibility index (Phi) is 5.74. The van der Waals surface area contributed by atoms with Crippen molar-refractivity contribution in [1.82, 2.24) is 0 Å². The first kappa shape index (κ1) is 18.1. The molecule has 3 aromatic rings. The minimum absolute atomic E-state index is 0.0886. The van der Waals surface area contributed by atoms with Gasteiger partial charge in [-0.05, 0) is 48.0 Å². The summed E-state index contributed by atoms with van der Waals surface area (Å²) in [6.45, 7) is 0. The lowest BCUT2D eigenvalue weighted by Crippen LogP contribution is -2.25. The van der Waals surface area contributed by atoms with Gasteiger partial charge in [-0.1, -0.05) is 48.5 Å². The molecule has 0 aromatic heterocycles. The van der Waals surface area contributed by atoms with Crippen molar-refractivity contribution in [2.75, 3.05) is 10.6 Å². The Bertz CT molecular complexity index is 897. The molecule has 0 saturated heterocycles. The van der Waals surface area contributed by atoms with Gasteiger partial charge >= 0.3 is 0 Å². The Hall–Kier alpha value is -3.73. The van der Waals surface area contributed by atoms with E-state index in [-0.39, 0.29) is 5.57 Å². The van der Waals surface area contributed by atoms with Crippen LogP contribution in [0, 0.1) is 5.82 Å². The van der Waals surface area contributed by atoms with Crippen molar-refractivity contribution in [3.8, 4) is 0 Å². The molecule has 2 N–H and O–H groups in total. The summed E-state index contributed by atoms with van der Waals surface area (Å²) in [7, 11) is 0. The lowest BCUT2D eigenvalue weighted by molar-refractivity contribution is -0.118. The number of rotatable bonds is 5. The van der Waals surface area contributed by atoms with Crippen LogP contribution in [-0.4, -0.2) is 11.8 Å². The molecule has 3 rings (SSSR count). The molecular weight excluding hydrogens is 343 g/mol. The van der Waals surface area contributed by atoms with Gasteiger partial charge in [0.15, 0.2) is 0 Å². The van der Waals surface area contributed by atoms with Gasteiger partial charge in [0.05, 0.1) is 0 Å².